The van der Waals surface area contributed by atoms with Gasteiger partial charge >= 0.3 is 0 Å². The van der Waals surface area contributed by atoms with Gasteiger partial charge in [-0.2, -0.15) is 0 Å². The van der Waals surface area contributed by atoms with Crippen molar-refractivity contribution >= 4 is 17.4 Å². The van der Waals surface area contributed by atoms with E-state index in [1.807, 2.05) is 0 Å². The van der Waals surface area contributed by atoms with Crippen molar-refractivity contribution in [2.24, 2.45) is 0 Å². The smallest absolute Gasteiger partial charge is 0.164 e. The van der Waals surface area contributed by atoms with Crippen molar-refractivity contribution < 1.29 is 9.47 Å². The normalized spacial score (nSPS) is 16.4. The third kappa shape index (κ3) is 5.37. The molecule has 1 aliphatic carbocycles. The molecule has 1 heterocycles. The highest BCUT2D eigenvalue weighted by Crippen LogP contribution is 2.46. The first-order valence-corrected chi connectivity index (χ1v) is 14.4. The first kappa shape index (κ1) is 25.0. The quantitative estimate of drug-likeness (QED) is 0.315. The van der Waals surface area contributed by atoms with Crippen LogP contribution in [0.4, 0.5) is 5.69 Å². The average molecular weight is 503 g/mol. The lowest BCUT2D eigenvalue weighted by molar-refractivity contribution is 0.337. The molecule has 0 radical (unpaired) electrons. The molecule has 1 N–H and O–H groups in total. The van der Waals surface area contributed by atoms with Crippen LogP contribution in [0.3, 0.4) is 0 Å². The van der Waals surface area contributed by atoms with Crippen LogP contribution in [-0.4, -0.2) is 39.6 Å². The van der Waals surface area contributed by atoms with Crippen molar-refractivity contribution in [1.82, 2.24) is 5.32 Å². The molecule has 0 amide bonds. The summed E-state index contributed by atoms with van der Waals surface area (Å²) in [6.07, 6.45) is 8.22. The van der Waals surface area contributed by atoms with Gasteiger partial charge in [0.25, 0.3) is 0 Å². The summed E-state index contributed by atoms with van der Waals surface area (Å²) < 4.78 is 11.6. The Morgan fingerprint density at radius 1 is 0.889 bits per heavy atom. The Hall–Kier alpha value is -2.63. The van der Waals surface area contributed by atoms with E-state index in [1.165, 1.54) is 64.9 Å². The van der Waals surface area contributed by atoms with Crippen LogP contribution in [-0.2, 0) is 6.54 Å². The fourth-order valence-corrected chi connectivity index (χ4v) is 5.96. The van der Waals surface area contributed by atoms with Gasteiger partial charge < -0.3 is 19.7 Å². The van der Waals surface area contributed by atoms with Gasteiger partial charge in [0.05, 0.1) is 14.2 Å². The summed E-state index contributed by atoms with van der Waals surface area (Å²) in [5.41, 5.74) is 6.36. The summed E-state index contributed by atoms with van der Waals surface area (Å²) in [6, 6.07) is 23.1. The van der Waals surface area contributed by atoms with Gasteiger partial charge in [-0.05, 0) is 110 Å². The fraction of sp³-hybridized carbons (Fsp3) is 0.419. The van der Waals surface area contributed by atoms with Crippen molar-refractivity contribution in [3.8, 4) is 22.6 Å². The van der Waals surface area contributed by atoms with Gasteiger partial charge in [-0.25, -0.2) is 0 Å². The van der Waals surface area contributed by atoms with Crippen molar-refractivity contribution in [3.63, 3.8) is 0 Å². The van der Waals surface area contributed by atoms with Crippen LogP contribution in [0.25, 0.3) is 11.1 Å². The maximum atomic E-state index is 5.79. The molecule has 2 fully saturated rings. The van der Waals surface area contributed by atoms with Gasteiger partial charge in [-0.15, -0.1) is 11.8 Å². The Morgan fingerprint density at radius 3 is 2.31 bits per heavy atom. The first-order valence-electron chi connectivity index (χ1n) is 13.2. The lowest BCUT2D eigenvalue weighted by atomic mass is 9.78. The molecule has 5 rings (SSSR count). The Labute approximate surface area is 220 Å². The molecule has 1 saturated carbocycles. The summed E-state index contributed by atoms with van der Waals surface area (Å²) >= 11 is 1.79. The number of nitrogens with one attached hydrogen (secondary N) is 1. The van der Waals surface area contributed by atoms with Crippen molar-refractivity contribution in [3.05, 3.63) is 71.8 Å². The molecular weight excluding hydrogens is 464 g/mol. The average Bonchev–Trinajstić information content (AvgIpc) is 2.91. The summed E-state index contributed by atoms with van der Waals surface area (Å²) in [7, 11) is 3.49. The number of rotatable bonds is 9. The van der Waals surface area contributed by atoms with Crippen molar-refractivity contribution in [1.29, 1.82) is 0 Å². The van der Waals surface area contributed by atoms with Gasteiger partial charge in [0.15, 0.2) is 11.5 Å². The highest BCUT2D eigenvalue weighted by Gasteiger charge is 2.26. The molecule has 0 unspecified atom stereocenters. The monoisotopic (exact) mass is 502 g/mol. The molecule has 3 aromatic carbocycles. The highest BCUT2D eigenvalue weighted by atomic mass is 32.2. The molecule has 1 aliphatic heterocycles. The number of hydrogen-bond acceptors (Lipinski definition) is 5. The molecule has 0 spiro atoms. The minimum atomic E-state index is 0.543. The molecule has 0 bridgehead atoms. The van der Waals surface area contributed by atoms with E-state index in [4.69, 9.17) is 9.47 Å². The van der Waals surface area contributed by atoms with E-state index in [2.05, 4.69) is 77.1 Å². The zero-order valence-corrected chi connectivity index (χ0v) is 22.6. The van der Waals surface area contributed by atoms with Crippen molar-refractivity contribution in [2.75, 3.05) is 38.5 Å². The molecular formula is C31H38N2O2S. The van der Waals surface area contributed by atoms with Gasteiger partial charge in [-0.1, -0.05) is 24.6 Å². The van der Waals surface area contributed by atoms with E-state index in [-0.39, 0.29) is 0 Å². The van der Waals surface area contributed by atoms with Crippen LogP contribution in [0.15, 0.2) is 65.6 Å². The van der Waals surface area contributed by atoms with E-state index >= 15 is 0 Å². The second-order valence-corrected chi connectivity index (χ2v) is 10.8. The maximum absolute atomic E-state index is 5.79. The Morgan fingerprint density at radius 2 is 1.67 bits per heavy atom. The van der Waals surface area contributed by atoms with Gasteiger partial charge in [0.2, 0.25) is 0 Å². The number of hydrogen-bond donors (Lipinski definition) is 1. The third-order valence-electron chi connectivity index (χ3n) is 7.82. The van der Waals surface area contributed by atoms with Gasteiger partial charge in [-0.3, -0.25) is 0 Å². The van der Waals surface area contributed by atoms with E-state index in [1.54, 1.807) is 26.0 Å². The summed E-state index contributed by atoms with van der Waals surface area (Å²) in [5, 5.41) is 3.53. The first-order chi connectivity index (χ1) is 17.7. The highest BCUT2D eigenvalue weighted by molar-refractivity contribution is 7.98. The van der Waals surface area contributed by atoms with E-state index < -0.39 is 0 Å². The molecule has 190 valence electrons. The number of ether oxygens (including phenoxy) is 2. The zero-order valence-electron chi connectivity index (χ0n) is 21.8. The number of anilines is 1. The minimum absolute atomic E-state index is 0.543. The number of thioether (sulfide) groups is 1. The minimum Gasteiger partial charge on any atom is -0.493 e. The SMILES string of the molecule is COc1cc(-c2cccc(CN(c3ccc(SC)cc3)C3CCNCC3)c2)cc(C2CCC2)c1OC. The largest absolute Gasteiger partial charge is 0.493 e. The van der Waals surface area contributed by atoms with Crippen LogP contribution in [0, 0.1) is 0 Å². The molecule has 0 aromatic heterocycles. The fourth-order valence-electron chi connectivity index (χ4n) is 5.55. The molecule has 1 saturated heterocycles. The molecule has 36 heavy (non-hydrogen) atoms. The van der Waals surface area contributed by atoms with E-state index in [0.717, 1.165) is 31.1 Å². The standard InChI is InChI=1S/C31H38N2O2S/c1-34-30-20-25(19-29(31(30)35-2)23-7-5-8-23)24-9-4-6-22(18-24)21-33(27-14-16-32-17-15-27)26-10-12-28(36-3)13-11-26/h4,6,9-13,18-20,23,27,32H,5,7-8,14-17,21H2,1-3H3. The molecule has 3 aromatic rings. The maximum Gasteiger partial charge on any atom is 0.164 e. The summed E-state index contributed by atoms with van der Waals surface area (Å²) in [5.74, 6) is 2.29. The molecule has 4 nitrogen and oxygen atoms in total. The van der Waals surface area contributed by atoms with E-state index in [0.29, 0.717) is 12.0 Å². The lowest BCUT2D eigenvalue weighted by Crippen LogP contribution is -2.43. The summed E-state index contributed by atoms with van der Waals surface area (Å²) in [4.78, 5) is 3.92. The van der Waals surface area contributed by atoms with E-state index in [9.17, 15) is 0 Å². The van der Waals surface area contributed by atoms with Crippen LogP contribution < -0.4 is 19.7 Å². The number of piperidine rings is 1. The Balaban J connectivity index is 1.46. The second-order valence-electron chi connectivity index (χ2n) is 9.94. The molecule has 0 atom stereocenters. The number of benzene rings is 3. The third-order valence-corrected chi connectivity index (χ3v) is 8.56. The number of nitrogens with zero attached hydrogens (tertiary/aromatic N) is 1. The van der Waals surface area contributed by atoms with Crippen LogP contribution >= 0.6 is 11.8 Å². The summed E-state index contributed by atoms with van der Waals surface area (Å²) in [6.45, 7) is 3.07. The van der Waals surface area contributed by atoms with Crippen LogP contribution in [0.2, 0.25) is 0 Å². The predicted molar refractivity (Wildman–Crippen MR) is 152 cm³/mol. The predicted octanol–water partition coefficient (Wildman–Crippen LogP) is 7.12. The second kappa shape index (κ2) is 11.6. The Bertz CT molecular complexity index is 1150. The van der Waals surface area contributed by atoms with Crippen molar-refractivity contribution in [2.45, 2.75) is 55.5 Å². The number of methoxy groups -OCH3 is 2. The van der Waals surface area contributed by atoms with Crippen LogP contribution in [0.5, 0.6) is 11.5 Å². The molecule has 5 heteroatoms. The Kier molecular flexibility index (Phi) is 8.08. The topological polar surface area (TPSA) is 33.7 Å². The van der Waals surface area contributed by atoms with Gasteiger partial charge in [0, 0.05) is 28.7 Å². The van der Waals surface area contributed by atoms with Crippen LogP contribution in [0.1, 0.15) is 49.1 Å². The lowest BCUT2D eigenvalue weighted by Gasteiger charge is -2.37. The zero-order chi connectivity index (χ0) is 24.9. The van der Waals surface area contributed by atoms with Gasteiger partial charge in [0.1, 0.15) is 0 Å². The molecule has 2 aliphatic rings.